The molecule has 0 amide bonds. The summed E-state index contributed by atoms with van der Waals surface area (Å²) in [5, 5.41) is 12.3. The Morgan fingerprint density at radius 1 is 1.21 bits per heavy atom. The molecular weight excluding hydrogens is 388 g/mol. The molecule has 1 saturated heterocycles. The third-order valence-electron chi connectivity index (χ3n) is 5.31. The van der Waals surface area contributed by atoms with Crippen molar-refractivity contribution in [2.75, 3.05) is 33.3 Å². The van der Waals surface area contributed by atoms with Gasteiger partial charge in [-0.3, -0.25) is 4.79 Å². The van der Waals surface area contributed by atoms with Crippen molar-refractivity contribution in [1.82, 2.24) is 10.2 Å². The first-order chi connectivity index (χ1) is 14.0. The number of carbonyl (C=O) groups excluding carboxylic acids is 1. The number of rotatable bonds is 9. The molecule has 1 aliphatic rings. The molecular formula is C22H28N2O4S. The van der Waals surface area contributed by atoms with Crippen molar-refractivity contribution in [3.63, 3.8) is 0 Å². The predicted octanol–water partition coefficient (Wildman–Crippen LogP) is 3.20. The monoisotopic (exact) mass is 416 g/mol. The molecule has 29 heavy (non-hydrogen) atoms. The average Bonchev–Trinajstić information content (AvgIpc) is 3.20. The fourth-order valence-electron chi connectivity index (χ4n) is 3.48. The number of carboxylic acid groups (broad SMARTS) is 1. The summed E-state index contributed by atoms with van der Waals surface area (Å²) < 4.78 is 5.70. The molecule has 0 spiro atoms. The van der Waals surface area contributed by atoms with E-state index in [9.17, 15) is 9.59 Å². The lowest BCUT2D eigenvalue weighted by Crippen LogP contribution is -2.34. The molecule has 0 aliphatic carbocycles. The van der Waals surface area contributed by atoms with Gasteiger partial charge >= 0.3 is 11.9 Å². The van der Waals surface area contributed by atoms with Gasteiger partial charge in [0.15, 0.2) is 0 Å². The molecule has 1 aliphatic heterocycles. The number of nitrogens with one attached hydrogen (secondary N) is 1. The maximum atomic E-state index is 12.8. The van der Waals surface area contributed by atoms with Crippen LogP contribution in [0.5, 0.6) is 0 Å². The lowest BCUT2D eigenvalue weighted by molar-refractivity contribution is -0.147. The van der Waals surface area contributed by atoms with Crippen molar-refractivity contribution in [3.05, 3.63) is 57.8 Å². The number of likely N-dealkylation sites (tertiary alicyclic amines) is 1. The van der Waals surface area contributed by atoms with Gasteiger partial charge < -0.3 is 20.1 Å². The van der Waals surface area contributed by atoms with Crippen molar-refractivity contribution in [1.29, 1.82) is 0 Å². The molecule has 2 N–H and O–H groups in total. The van der Waals surface area contributed by atoms with Gasteiger partial charge in [-0.05, 0) is 56.6 Å². The molecule has 2 heterocycles. The highest BCUT2D eigenvalue weighted by Crippen LogP contribution is 2.21. The molecule has 1 unspecified atom stereocenters. The number of ether oxygens (including phenoxy) is 1. The van der Waals surface area contributed by atoms with Crippen LogP contribution in [0.15, 0.2) is 42.5 Å². The minimum atomic E-state index is -0.916. The highest BCUT2D eigenvalue weighted by molar-refractivity contribution is 7.13. The van der Waals surface area contributed by atoms with Gasteiger partial charge in [0.05, 0.1) is 12.5 Å². The van der Waals surface area contributed by atoms with Gasteiger partial charge in [-0.1, -0.05) is 30.3 Å². The average molecular weight is 417 g/mol. The molecule has 6 nitrogen and oxygen atoms in total. The van der Waals surface area contributed by atoms with Gasteiger partial charge in [0.2, 0.25) is 0 Å². The van der Waals surface area contributed by atoms with E-state index in [-0.39, 0.29) is 11.9 Å². The number of hydrogen-bond acceptors (Lipinski definition) is 6. The van der Waals surface area contributed by atoms with Crippen LogP contribution in [0.25, 0.3) is 0 Å². The number of aromatic carboxylic acids is 1. The molecule has 3 rings (SSSR count). The molecule has 7 heteroatoms. The third-order valence-corrected chi connectivity index (χ3v) is 6.38. The minimum Gasteiger partial charge on any atom is -0.477 e. The van der Waals surface area contributed by atoms with E-state index in [1.165, 1.54) is 11.3 Å². The largest absolute Gasteiger partial charge is 0.477 e. The zero-order valence-electron chi connectivity index (χ0n) is 16.7. The summed E-state index contributed by atoms with van der Waals surface area (Å²) in [6.07, 6.45) is 2.12. The van der Waals surface area contributed by atoms with Gasteiger partial charge in [0.25, 0.3) is 0 Å². The predicted molar refractivity (Wildman–Crippen MR) is 113 cm³/mol. The molecule has 1 aromatic heterocycles. The molecule has 1 fully saturated rings. The number of hydrogen-bond donors (Lipinski definition) is 2. The molecule has 1 atom stereocenters. The second-order valence-electron chi connectivity index (χ2n) is 7.54. The Morgan fingerprint density at radius 2 is 1.93 bits per heavy atom. The van der Waals surface area contributed by atoms with Gasteiger partial charge in [-0.15, -0.1) is 11.3 Å². The van der Waals surface area contributed by atoms with E-state index in [2.05, 4.69) is 17.3 Å². The first-order valence-electron chi connectivity index (χ1n) is 9.95. The van der Waals surface area contributed by atoms with E-state index in [0.717, 1.165) is 36.4 Å². The fourth-order valence-corrected chi connectivity index (χ4v) is 4.30. The van der Waals surface area contributed by atoms with Crippen LogP contribution in [-0.4, -0.2) is 55.2 Å². The highest BCUT2D eigenvalue weighted by atomic mass is 32.1. The number of benzene rings is 1. The van der Waals surface area contributed by atoms with Crippen LogP contribution in [0, 0.1) is 5.92 Å². The van der Waals surface area contributed by atoms with E-state index in [0.29, 0.717) is 30.5 Å². The van der Waals surface area contributed by atoms with Crippen LogP contribution in [0.2, 0.25) is 0 Å². The quantitative estimate of drug-likeness (QED) is 0.611. The maximum absolute atomic E-state index is 12.8. The Morgan fingerprint density at radius 3 is 2.59 bits per heavy atom. The standard InChI is InChI=1S/C22H28N2O4S/c1-24-11-9-16(10-12-24)15-28-22(27)19(17-5-3-2-4-6-17)14-23-13-18-7-8-20(29-18)21(25)26/h2-8,16,19,23H,9-15H2,1H3,(H,25,26). The third kappa shape index (κ3) is 6.39. The summed E-state index contributed by atoms with van der Waals surface area (Å²) >= 11 is 1.24. The molecule has 156 valence electrons. The first kappa shape index (κ1) is 21.5. The Kier molecular flexibility index (Phi) is 7.80. The normalized spacial score (nSPS) is 16.4. The van der Waals surface area contributed by atoms with Crippen LogP contribution >= 0.6 is 11.3 Å². The van der Waals surface area contributed by atoms with Gasteiger partial charge in [0, 0.05) is 18.0 Å². The molecule has 1 aromatic carbocycles. The van der Waals surface area contributed by atoms with E-state index in [4.69, 9.17) is 9.84 Å². The molecule has 2 aromatic rings. The topological polar surface area (TPSA) is 78.9 Å². The van der Waals surface area contributed by atoms with E-state index < -0.39 is 5.97 Å². The summed E-state index contributed by atoms with van der Waals surface area (Å²) in [5.41, 5.74) is 0.922. The van der Waals surface area contributed by atoms with Crippen LogP contribution in [0.4, 0.5) is 0 Å². The lowest BCUT2D eigenvalue weighted by atomic mass is 9.97. The van der Waals surface area contributed by atoms with Gasteiger partial charge in [-0.2, -0.15) is 0 Å². The summed E-state index contributed by atoms with van der Waals surface area (Å²) in [6.45, 7) is 3.53. The van der Waals surface area contributed by atoms with Crippen molar-refractivity contribution in [2.45, 2.75) is 25.3 Å². The molecule has 0 bridgehead atoms. The Bertz CT molecular complexity index is 800. The second-order valence-corrected chi connectivity index (χ2v) is 8.71. The van der Waals surface area contributed by atoms with Crippen molar-refractivity contribution in [2.24, 2.45) is 5.92 Å². The van der Waals surface area contributed by atoms with E-state index in [1.54, 1.807) is 12.1 Å². The smallest absolute Gasteiger partial charge is 0.345 e. The molecule has 0 saturated carbocycles. The zero-order chi connectivity index (χ0) is 20.6. The minimum absolute atomic E-state index is 0.208. The van der Waals surface area contributed by atoms with E-state index >= 15 is 0 Å². The molecule has 0 radical (unpaired) electrons. The zero-order valence-corrected chi connectivity index (χ0v) is 17.5. The Labute approximate surface area is 175 Å². The number of piperidine rings is 1. The summed E-state index contributed by atoms with van der Waals surface area (Å²) in [5.74, 6) is -1.08. The van der Waals surface area contributed by atoms with Crippen LogP contribution in [0.3, 0.4) is 0 Å². The summed E-state index contributed by atoms with van der Waals surface area (Å²) in [7, 11) is 2.12. The van der Waals surface area contributed by atoms with Crippen LogP contribution < -0.4 is 5.32 Å². The van der Waals surface area contributed by atoms with Crippen LogP contribution in [0.1, 0.15) is 38.9 Å². The second kappa shape index (κ2) is 10.5. The SMILES string of the molecule is CN1CCC(COC(=O)C(CNCc2ccc(C(=O)O)s2)c2ccccc2)CC1. The van der Waals surface area contributed by atoms with Crippen molar-refractivity contribution < 1.29 is 19.4 Å². The van der Waals surface area contributed by atoms with Crippen molar-refractivity contribution in [3.8, 4) is 0 Å². The fraction of sp³-hybridized carbons (Fsp3) is 0.455. The Balaban J connectivity index is 1.55. The van der Waals surface area contributed by atoms with Crippen molar-refractivity contribution >= 4 is 23.3 Å². The van der Waals surface area contributed by atoms with Crippen LogP contribution in [-0.2, 0) is 16.1 Å². The highest BCUT2D eigenvalue weighted by Gasteiger charge is 2.24. The Hall–Kier alpha value is -2.22. The number of carboxylic acids is 1. The summed E-state index contributed by atoms with van der Waals surface area (Å²) in [6, 6.07) is 13.1. The number of carbonyl (C=O) groups is 2. The summed E-state index contributed by atoms with van der Waals surface area (Å²) in [4.78, 5) is 27.4. The maximum Gasteiger partial charge on any atom is 0.345 e. The van der Waals surface area contributed by atoms with E-state index in [1.807, 2.05) is 30.3 Å². The number of esters is 1. The van der Waals surface area contributed by atoms with Gasteiger partial charge in [0.1, 0.15) is 4.88 Å². The number of thiophene rings is 1. The lowest BCUT2D eigenvalue weighted by Gasteiger charge is -2.29. The first-order valence-corrected chi connectivity index (χ1v) is 10.8. The van der Waals surface area contributed by atoms with Gasteiger partial charge in [-0.25, -0.2) is 4.79 Å². The number of nitrogens with zero attached hydrogens (tertiary/aromatic N) is 1.